The van der Waals surface area contributed by atoms with E-state index in [9.17, 15) is 8.78 Å². The van der Waals surface area contributed by atoms with Gasteiger partial charge in [0.15, 0.2) is 0 Å². The molecule has 11 heavy (non-hydrogen) atoms. The SMILES string of the molecule is C=C(C=C(F)F)c1c[c]cs1. The summed E-state index contributed by atoms with van der Waals surface area (Å²) in [6, 6.07) is 4.40. The Balaban J connectivity index is 2.80. The Hall–Kier alpha value is -0.960. The molecular formula is C8H5F2S. The highest BCUT2D eigenvalue weighted by Crippen LogP contribution is 2.20. The van der Waals surface area contributed by atoms with E-state index in [-0.39, 0.29) is 0 Å². The monoisotopic (exact) mass is 171 g/mol. The Kier molecular flexibility index (Phi) is 2.54. The number of halogens is 2. The van der Waals surface area contributed by atoms with Crippen LogP contribution in [0, 0.1) is 6.07 Å². The van der Waals surface area contributed by atoms with Gasteiger partial charge in [-0.15, -0.1) is 11.3 Å². The van der Waals surface area contributed by atoms with Crippen molar-refractivity contribution in [2.24, 2.45) is 0 Å². The summed E-state index contributed by atoms with van der Waals surface area (Å²) >= 11 is 1.34. The van der Waals surface area contributed by atoms with Crippen molar-refractivity contribution in [3.8, 4) is 0 Å². The Labute approximate surface area is 67.5 Å². The van der Waals surface area contributed by atoms with Crippen LogP contribution in [0.15, 0.2) is 30.2 Å². The van der Waals surface area contributed by atoms with Crippen LogP contribution in [-0.4, -0.2) is 0 Å². The molecule has 0 fully saturated rings. The van der Waals surface area contributed by atoms with E-state index in [1.165, 1.54) is 11.3 Å². The van der Waals surface area contributed by atoms with E-state index in [1.54, 1.807) is 11.4 Å². The van der Waals surface area contributed by atoms with E-state index >= 15 is 0 Å². The van der Waals surface area contributed by atoms with Crippen molar-refractivity contribution >= 4 is 16.9 Å². The molecule has 0 aliphatic rings. The van der Waals surface area contributed by atoms with E-state index in [4.69, 9.17) is 0 Å². The van der Waals surface area contributed by atoms with Crippen molar-refractivity contribution in [1.82, 2.24) is 0 Å². The van der Waals surface area contributed by atoms with E-state index in [0.717, 1.165) is 11.0 Å². The van der Waals surface area contributed by atoms with Gasteiger partial charge in [0.1, 0.15) is 0 Å². The molecule has 1 aromatic heterocycles. The highest BCUT2D eigenvalue weighted by atomic mass is 32.1. The number of hydrogen-bond acceptors (Lipinski definition) is 1. The lowest BCUT2D eigenvalue weighted by Crippen LogP contribution is -1.69. The van der Waals surface area contributed by atoms with Crippen LogP contribution >= 0.6 is 11.3 Å². The third-order valence-corrected chi connectivity index (χ3v) is 1.96. The van der Waals surface area contributed by atoms with Crippen molar-refractivity contribution in [1.29, 1.82) is 0 Å². The van der Waals surface area contributed by atoms with Crippen LogP contribution in [0.25, 0.3) is 5.57 Å². The zero-order valence-corrected chi connectivity index (χ0v) is 6.42. The Morgan fingerprint density at radius 2 is 2.36 bits per heavy atom. The summed E-state index contributed by atoms with van der Waals surface area (Å²) < 4.78 is 23.3. The first-order chi connectivity index (χ1) is 5.20. The molecule has 0 atom stereocenters. The van der Waals surface area contributed by atoms with E-state index < -0.39 is 6.08 Å². The zero-order valence-electron chi connectivity index (χ0n) is 5.60. The number of hydrogen-bond donors (Lipinski definition) is 0. The predicted octanol–water partition coefficient (Wildman–Crippen LogP) is 3.34. The molecule has 0 aliphatic carbocycles. The highest BCUT2D eigenvalue weighted by Gasteiger charge is 1.97. The third-order valence-electron chi connectivity index (χ3n) is 1.07. The second kappa shape index (κ2) is 3.44. The molecule has 1 rings (SSSR count). The van der Waals surface area contributed by atoms with Gasteiger partial charge in [-0.2, -0.15) is 8.78 Å². The van der Waals surface area contributed by atoms with Crippen molar-refractivity contribution in [2.75, 3.05) is 0 Å². The normalized spacial score (nSPS) is 9.27. The lowest BCUT2D eigenvalue weighted by atomic mass is 10.2. The van der Waals surface area contributed by atoms with E-state index in [2.05, 4.69) is 12.6 Å². The molecule has 57 valence electrons. The summed E-state index contributed by atoms with van der Waals surface area (Å²) in [5.41, 5.74) is 0.330. The number of rotatable bonds is 2. The molecular weight excluding hydrogens is 166 g/mol. The molecule has 1 heterocycles. The zero-order chi connectivity index (χ0) is 8.27. The fourth-order valence-corrected chi connectivity index (χ4v) is 1.22. The highest BCUT2D eigenvalue weighted by molar-refractivity contribution is 7.11. The lowest BCUT2D eigenvalue weighted by molar-refractivity contribution is 0.422. The standard InChI is InChI=1S/C8H5F2S/c1-6(5-8(9)10)7-3-2-4-11-7/h3-5H,1H2. The van der Waals surface area contributed by atoms with Gasteiger partial charge in [0, 0.05) is 11.0 Å². The lowest BCUT2D eigenvalue weighted by Gasteiger charge is -1.90. The maximum atomic E-state index is 11.7. The predicted molar refractivity (Wildman–Crippen MR) is 42.5 cm³/mol. The topological polar surface area (TPSA) is 0 Å². The maximum Gasteiger partial charge on any atom is 0.270 e. The van der Waals surface area contributed by atoms with Gasteiger partial charge in [-0.3, -0.25) is 0 Å². The van der Waals surface area contributed by atoms with Gasteiger partial charge in [-0.25, -0.2) is 0 Å². The smallest absolute Gasteiger partial charge is 0.173 e. The van der Waals surface area contributed by atoms with E-state index in [1.807, 2.05) is 0 Å². The first-order valence-electron chi connectivity index (χ1n) is 2.86. The molecule has 0 saturated heterocycles. The average molecular weight is 171 g/mol. The van der Waals surface area contributed by atoms with Crippen LogP contribution in [0.1, 0.15) is 4.88 Å². The average Bonchev–Trinajstić information content (AvgIpc) is 2.35. The van der Waals surface area contributed by atoms with Crippen molar-refractivity contribution in [2.45, 2.75) is 0 Å². The molecule has 0 aliphatic heterocycles. The molecule has 0 amide bonds. The van der Waals surface area contributed by atoms with Crippen LogP contribution in [0.5, 0.6) is 0 Å². The van der Waals surface area contributed by atoms with Crippen LogP contribution in [0.2, 0.25) is 0 Å². The molecule has 0 spiro atoms. The quantitative estimate of drug-likeness (QED) is 0.598. The minimum atomic E-state index is -1.72. The largest absolute Gasteiger partial charge is 0.270 e. The summed E-state index contributed by atoms with van der Waals surface area (Å²) in [4.78, 5) is 0.720. The summed E-state index contributed by atoms with van der Waals surface area (Å²) in [6.45, 7) is 3.47. The van der Waals surface area contributed by atoms with Gasteiger partial charge < -0.3 is 0 Å². The van der Waals surface area contributed by atoms with Gasteiger partial charge >= 0.3 is 0 Å². The first kappa shape index (κ1) is 8.14. The number of thiophene rings is 1. The van der Waals surface area contributed by atoms with E-state index in [0.29, 0.717) is 5.57 Å². The summed E-state index contributed by atoms with van der Waals surface area (Å²) in [5, 5.41) is 1.70. The minimum Gasteiger partial charge on any atom is -0.173 e. The van der Waals surface area contributed by atoms with Crippen LogP contribution in [0.4, 0.5) is 8.78 Å². The minimum absolute atomic E-state index is 0.330. The van der Waals surface area contributed by atoms with Gasteiger partial charge in [0.25, 0.3) is 6.08 Å². The fraction of sp³-hybridized carbons (Fsp3) is 0. The molecule has 0 N–H and O–H groups in total. The van der Waals surface area contributed by atoms with Crippen LogP contribution in [-0.2, 0) is 0 Å². The maximum absolute atomic E-state index is 11.7. The van der Waals surface area contributed by atoms with Crippen LogP contribution < -0.4 is 0 Å². The Morgan fingerprint density at radius 3 is 2.82 bits per heavy atom. The van der Waals surface area contributed by atoms with Crippen molar-refractivity contribution in [3.05, 3.63) is 41.1 Å². The number of allylic oxidation sites excluding steroid dienone is 2. The van der Waals surface area contributed by atoms with Crippen molar-refractivity contribution < 1.29 is 8.78 Å². The second-order valence-corrected chi connectivity index (χ2v) is 2.78. The Morgan fingerprint density at radius 1 is 1.64 bits per heavy atom. The van der Waals surface area contributed by atoms with Crippen LogP contribution in [0.3, 0.4) is 0 Å². The molecule has 0 nitrogen and oxygen atoms in total. The van der Waals surface area contributed by atoms with Crippen molar-refractivity contribution in [3.63, 3.8) is 0 Å². The molecule has 0 saturated carbocycles. The fourth-order valence-electron chi connectivity index (χ4n) is 0.612. The summed E-state index contributed by atoms with van der Waals surface area (Å²) in [5.74, 6) is 0. The first-order valence-corrected chi connectivity index (χ1v) is 3.74. The summed E-state index contributed by atoms with van der Waals surface area (Å²) in [7, 11) is 0. The van der Waals surface area contributed by atoms with Gasteiger partial charge in [0.2, 0.25) is 0 Å². The van der Waals surface area contributed by atoms with Gasteiger partial charge in [-0.1, -0.05) is 6.58 Å². The summed E-state index contributed by atoms with van der Waals surface area (Å²) in [6.07, 6.45) is -0.969. The van der Waals surface area contributed by atoms with Gasteiger partial charge in [-0.05, 0) is 23.1 Å². The molecule has 1 radical (unpaired) electrons. The molecule has 0 bridgehead atoms. The Bertz CT molecular complexity index is 268. The molecule has 3 heteroatoms. The third kappa shape index (κ3) is 2.27. The molecule has 0 aromatic carbocycles. The molecule has 1 aromatic rings. The second-order valence-electron chi connectivity index (χ2n) is 1.87. The van der Waals surface area contributed by atoms with Gasteiger partial charge in [0.05, 0.1) is 0 Å². The molecule has 0 unspecified atom stereocenters.